The Morgan fingerprint density at radius 1 is 1.23 bits per heavy atom. The summed E-state index contributed by atoms with van der Waals surface area (Å²) in [6.07, 6.45) is 7.47. The molecule has 0 atom stereocenters. The molecule has 0 fully saturated rings. The van der Waals surface area contributed by atoms with Crippen LogP contribution >= 0.6 is 0 Å². The first kappa shape index (κ1) is 18.7. The summed E-state index contributed by atoms with van der Waals surface area (Å²) in [5.74, 6) is 1.25. The highest BCUT2D eigenvalue weighted by Crippen LogP contribution is 2.17. The number of aryl methyl sites for hydroxylation is 1. The highest BCUT2D eigenvalue weighted by molar-refractivity contribution is 5.46. The lowest BCUT2D eigenvalue weighted by atomic mass is 10.1. The number of unbranched alkanes of at least 4 members (excludes halogenated alkanes) is 2. The Morgan fingerprint density at radius 3 is 2.59 bits per heavy atom. The molecule has 22 heavy (non-hydrogen) atoms. The number of hydrogen-bond donors (Lipinski definition) is 2. The predicted molar refractivity (Wildman–Crippen MR) is 95.2 cm³/mol. The Kier molecular flexibility index (Phi) is 7.59. The zero-order valence-electron chi connectivity index (χ0n) is 14.9. The lowest BCUT2D eigenvalue weighted by molar-refractivity contribution is 0.173. The standard InChI is InChI=1S/C17H33N5/c1-6-7-11-19-15-14(13-20-16(18)21-15)10-8-9-12-22(5)17(2,3)4/h13H,6-12H2,1-5H3,(H3,18,19,20,21). The van der Waals surface area contributed by atoms with Gasteiger partial charge in [-0.2, -0.15) is 4.98 Å². The van der Waals surface area contributed by atoms with Crippen LogP contribution in [0.3, 0.4) is 0 Å². The van der Waals surface area contributed by atoms with Crippen molar-refractivity contribution in [1.82, 2.24) is 14.9 Å². The van der Waals surface area contributed by atoms with Crippen molar-refractivity contribution >= 4 is 11.8 Å². The second kappa shape index (κ2) is 8.93. The number of aromatic nitrogens is 2. The number of nitrogens with zero attached hydrogens (tertiary/aromatic N) is 3. The fourth-order valence-corrected chi connectivity index (χ4v) is 2.14. The fourth-order valence-electron chi connectivity index (χ4n) is 2.14. The number of rotatable bonds is 9. The molecule has 5 nitrogen and oxygen atoms in total. The molecule has 0 aromatic carbocycles. The minimum Gasteiger partial charge on any atom is -0.370 e. The minimum atomic E-state index is 0.233. The second-order valence-electron chi connectivity index (χ2n) is 6.93. The molecule has 0 aliphatic carbocycles. The van der Waals surface area contributed by atoms with Gasteiger partial charge in [0.05, 0.1) is 0 Å². The molecule has 1 aromatic heterocycles. The molecule has 0 spiro atoms. The second-order valence-corrected chi connectivity index (χ2v) is 6.93. The van der Waals surface area contributed by atoms with Gasteiger partial charge >= 0.3 is 0 Å². The molecule has 0 unspecified atom stereocenters. The van der Waals surface area contributed by atoms with Gasteiger partial charge in [0.1, 0.15) is 5.82 Å². The SMILES string of the molecule is CCCCNc1nc(N)ncc1CCCCN(C)C(C)(C)C. The molecule has 0 saturated heterocycles. The molecule has 0 amide bonds. The smallest absolute Gasteiger partial charge is 0.221 e. The van der Waals surface area contributed by atoms with Gasteiger partial charge in [0.15, 0.2) is 0 Å². The number of nitrogens with two attached hydrogens (primary N) is 1. The molecule has 0 radical (unpaired) electrons. The van der Waals surface area contributed by atoms with Crippen molar-refractivity contribution in [3.05, 3.63) is 11.8 Å². The van der Waals surface area contributed by atoms with E-state index < -0.39 is 0 Å². The average Bonchev–Trinajstić information content (AvgIpc) is 2.44. The largest absolute Gasteiger partial charge is 0.370 e. The molecule has 1 heterocycles. The summed E-state index contributed by atoms with van der Waals surface area (Å²) >= 11 is 0. The van der Waals surface area contributed by atoms with Crippen molar-refractivity contribution in [2.45, 2.75) is 65.3 Å². The monoisotopic (exact) mass is 307 g/mol. The van der Waals surface area contributed by atoms with Gasteiger partial charge in [-0.05, 0) is 60.0 Å². The molecule has 3 N–H and O–H groups in total. The van der Waals surface area contributed by atoms with E-state index in [1.807, 2.05) is 6.20 Å². The molecule has 1 aromatic rings. The summed E-state index contributed by atoms with van der Waals surface area (Å²) in [6.45, 7) is 11.0. The summed E-state index contributed by atoms with van der Waals surface area (Å²) in [4.78, 5) is 10.9. The number of nitrogens with one attached hydrogen (secondary N) is 1. The van der Waals surface area contributed by atoms with Crippen molar-refractivity contribution < 1.29 is 0 Å². The first-order chi connectivity index (χ1) is 10.3. The van der Waals surface area contributed by atoms with Gasteiger partial charge in [0.2, 0.25) is 5.95 Å². The van der Waals surface area contributed by atoms with Crippen LogP contribution in [0.15, 0.2) is 6.20 Å². The van der Waals surface area contributed by atoms with E-state index in [4.69, 9.17) is 5.73 Å². The molecule has 0 saturated carbocycles. The Morgan fingerprint density at radius 2 is 1.95 bits per heavy atom. The third kappa shape index (κ3) is 6.60. The van der Waals surface area contributed by atoms with E-state index in [1.165, 1.54) is 18.4 Å². The topological polar surface area (TPSA) is 67.1 Å². The van der Waals surface area contributed by atoms with Crippen molar-refractivity contribution in [3.8, 4) is 0 Å². The quantitative estimate of drug-likeness (QED) is 0.685. The summed E-state index contributed by atoms with van der Waals surface area (Å²) < 4.78 is 0. The average molecular weight is 307 g/mol. The lowest BCUT2D eigenvalue weighted by Crippen LogP contribution is -2.38. The Labute approximate surface area is 135 Å². The Balaban J connectivity index is 2.47. The molecule has 0 aliphatic heterocycles. The van der Waals surface area contributed by atoms with Crippen LogP contribution in [0.4, 0.5) is 11.8 Å². The predicted octanol–water partition coefficient (Wildman–Crippen LogP) is 3.32. The van der Waals surface area contributed by atoms with Gasteiger partial charge in [-0.3, -0.25) is 0 Å². The fraction of sp³-hybridized carbons (Fsp3) is 0.765. The van der Waals surface area contributed by atoms with Crippen LogP contribution in [0.2, 0.25) is 0 Å². The maximum absolute atomic E-state index is 5.71. The van der Waals surface area contributed by atoms with E-state index in [0.717, 1.165) is 38.2 Å². The molecule has 126 valence electrons. The lowest BCUT2D eigenvalue weighted by Gasteiger charge is -2.31. The summed E-state index contributed by atoms with van der Waals surface area (Å²) in [5.41, 5.74) is 7.11. The normalized spacial score (nSPS) is 11.9. The van der Waals surface area contributed by atoms with Crippen LogP contribution in [-0.4, -0.2) is 40.5 Å². The maximum atomic E-state index is 5.71. The van der Waals surface area contributed by atoms with Crippen LogP contribution < -0.4 is 11.1 Å². The minimum absolute atomic E-state index is 0.233. The third-order valence-electron chi connectivity index (χ3n) is 4.04. The molecule has 1 rings (SSSR count). The highest BCUT2D eigenvalue weighted by Gasteiger charge is 2.16. The van der Waals surface area contributed by atoms with Crippen molar-refractivity contribution in [2.24, 2.45) is 0 Å². The Hall–Kier alpha value is -1.36. The van der Waals surface area contributed by atoms with Crippen molar-refractivity contribution in [2.75, 3.05) is 31.2 Å². The molecule has 0 bridgehead atoms. The number of nitrogen functional groups attached to an aromatic ring is 1. The van der Waals surface area contributed by atoms with Gasteiger partial charge < -0.3 is 16.0 Å². The summed E-state index contributed by atoms with van der Waals surface area (Å²) in [5, 5.41) is 3.39. The van der Waals surface area contributed by atoms with E-state index >= 15 is 0 Å². The van der Waals surface area contributed by atoms with Gasteiger partial charge in [0.25, 0.3) is 0 Å². The third-order valence-corrected chi connectivity index (χ3v) is 4.04. The van der Waals surface area contributed by atoms with E-state index in [1.54, 1.807) is 0 Å². The van der Waals surface area contributed by atoms with E-state index in [-0.39, 0.29) is 5.54 Å². The molecular weight excluding hydrogens is 274 g/mol. The van der Waals surface area contributed by atoms with Crippen LogP contribution in [0.25, 0.3) is 0 Å². The van der Waals surface area contributed by atoms with Gasteiger partial charge in [0, 0.05) is 23.8 Å². The maximum Gasteiger partial charge on any atom is 0.221 e. The van der Waals surface area contributed by atoms with Crippen LogP contribution in [-0.2, 0) is 6.42 Å². The van der Waals surface area contributed by atoms with Crippen LogP contribution in [0.5, 0.6) is 0 Å². The van der Waals surface area contributed by atoms with Crippen molar-refractivity contribution in [3.63, 3.8) is 0 Å². The van der Waals surface area contributed by atoms with Crippen molar-refractivity contribution in [1.29, 1.82) is 0 Å². The zero-order chi connectivity index (χ0) is 16.6. The van der Waals surface area contributed by atoms with Crippen LogP contribution in [0, 0.1) is 0 Å². The zero-order valence-corrected chi connectivity index (χ0v) is 14.9. The summed E-state index contributed by atoms with van der Waals surface area (Å²) in [6, 6.07) is 0. The van der Waals surface area contributed by atoms with Gasteiger partial charge in [-0.25, -0.2) is 4.98 Å². The first-order valence-corrected chi connectivity index (χ1v) is 8.41. The van der Waals surface area contributed by atoms with Crippen LogP contribution in [0.1, 0.15) is 58.9 Å². The van der Waals surface area contributed by atoms with E-state index in [2.05, 4.69) is 54.9 Å². The van der Waals surface area contributed by atoms with E-state index in [9.17, 15) is 0 Å². The van der Waals surface area contributed by atoms with E-state index in [0.29, 0.717) is 5.95 Å². The molecular formula is C17H33N5. The van der Waals surface area contributed by atoms with Gasteiger partial charge in [-0.1, -0.05) is 13.3 Å². The summed E-state index contributed by atoms with van der Waals surface area (Å²) in [7, 11) is 2.18. The molecule has 5 heteroatoms. The Bertz CT molecular complexity index is 439. The molecule has 0 aliphatic rings. The first-order valence-electron chi connectivity index (χ1n) is 8.41. The van der Waals surface area contributed by atoms with Gasteiger partial charge in [-0.15, -0.1) is 0 Å². The number of anilines is 2. The number of hydrogen-bond acceptors (Lipinski definition) is 5. The highest BCUT2D eigenvalue weighted by atomic mass is 15.1.